The highest BCUT2D eigenvalue weighted by Gasteiger charge is 2.34. The largest absolute Gasteiger partial charge is 0.339 e. The van der Waals surface area contributed by atoms with Gasteiger partial charge in [-0.05, 0) is 30.0 Å². The molecule has 2 amide bonds. The third-order valence-electron chi connectivity index (χ3n) is 5.09. The lowest BCUT2D eigenvalue weighted by molar-refractivity contribution is -0.135. The Morgan fingerprint density at radius 1 is 1.07 bits per heavy atom. The van der Waals surface area contributed by atoms with E-state index in [1.165, 1.54) is 11.8 Å². The van der Waals surface area contributed by atoms with Crippen molar-refractivity contribution in [1.29, 1.82) is 0 Å². The van der Waals surface area contributed by atoms with Crippen molar-refractivity contribution in [2.45, 2.75) is 18.7 Å². The number of hydrogen-bond donors (Lipinski definition) is 0. The number of nitrogens with zero attached hydrogens (tertiary/aromatic N) is 4. The summed E-state index contributed by atoms with van der Waals surface area (Å²) in [5.41, 5.74) is 1.46. The zero-order valence-corrected chi connectivity index (χ0v) is 17.4. The average molecular weight is 423 g/mol. The molecule has 3 aliphatic rings. The van der Waals surface area contributed by atoms with Crippen molar-refractivity contribution < 1.29 is 18.0 Å². The van der Waals surface area contributed by atoms with Crippen LogP contribution in [0.25, 0.3) is 0 Å². The van der Waals surface area contributed by atoms with Gasteiger partial charge in [0.25, 0.3) is 15.9 Å². The first kappa shape index (κ1) is 19.3. The molecule has 0 atom stereocenters. The first-order chi connectivity index (χ1) is 13.2. The van der Waals surface area contributed by atoms with Crippen molar-refractivity contribution in [3.05, 3.63) is 23.8 Å². The number of sulfonamides is 1. The zero-order chi connectivity index (χ0) is 20.1. The van der Waals surface area contributed by atoms with Crippen LogP contribution in [0.15, 0.2) is 27.5 Å². The summed E-state index contributed by atoms with van der Waals surface area (Å²) >= 11 is 1.28. The first-order valence-electron chi connectivity index (χ1n) is 9.25. The fourth-order valence-electron chi connectivity index (χ4n) is 3.54. The van der Waals surface area contributed by atoms with Crippen molar-refractivity contribution in [2.75, 3.05) is 43.4 Å². The minimum atomic E-state index is -3.40. The van der Waals surface area contributed by atoms with Gasteiger partial charge in [0.15, 0.2) is 5.17 Å². The monoisotopic (exact) mass is 422 g/mol. The Balaban J connectivity index is 1.48. The van der Waals surface area contributed by atoms with Crippen LogP contribution in [0.3, 0.4) is 0 Å². The molecule has 3 aliphatic heterocycles. The Hall–Kier alpha value is -2.07. The Labute approximate surface area is 168 Å². The van der Waals surface area contributed by atoms with Gasteiger partial charge in [0.2, 0.25) is 5.91 Å². The van der Waals surface area contributed by atoms with Gasteiger partial charge >= 0.3 is 0 Å². The van der Waals surface area contributed by atoms with Crippen LogP contribution >= 0.6 is 11.8 Å². The molecule has 150 valence electrons. The molecule has 0 aliphatic carbocycles. The van der Waals surface area contributed by atoms with Crippen LogP contribution in [0.4, 0.5) is 5.69 Å². The number of amides is 2. The van der Waals surface area contributed by atoms with E-state index in [-0.39, 0.29) is 23.5 Å². The number of benzene rings is 1. The molecule has 1 fully saturated rings. The summed E-state index contributed by atoms with van der Waals surface area (Å²) in [5, 5.41) is 0.451. The molecule has 1 aromatic rings. The quantitative estimate of drug-likeness (QED) is 0.712. The molecule has 0 unspecified atom stereocenters. The molecule has 1 aromatic carbocycles. The standard InChI is InChI=1S/C18H22N4O4S2/c1-12(2)16(23)20-5-7-21(8-6-20)17(24)13-3-4-14-15(11-13)27-18-19-28(25,26)10-9-22(14)18/h3-4,11-12H,5-10H2,1-2H3. The predicted octanol–water partition coefficient (Wildman–Crippen LogP) is 1.24. The molecule has 0 saturated carbocycles. The minimum Gasteiger partial charge on any atom is -0.339 e. The summed E-state index contributed by atoms with van der Waals surface area (Å²) in [6.45, 7) is 6.25. The summed E-state index contributed by atoms with van der Waals surface area (Å²) in [5.74, 6) is 0.00505. The number of rotatable bonds is 2. The summed E-state index contributed by atoms with van der Waals surface area (Å²) in [6, 6.07) is 5.44. The predicted molar refractivity (Wildman–Crippen MR) is 108 cm³/mol. The number of carbonyl (C=O) groups is 2. The van der Waals surface area contributed by atoms with Crippen LogP contribution in [-0.2, 0) is 14.8 Å². The van der Waals surface area contributed by atoms with E-state index in [1.54, 1.807) is 17.0 Å². The smallest absolute Gasteiger partial charge is 0.257 e. The van der Waals surface area contributed by atoms with Crippen molar-refractivity contribution in [3.63, 3.8) is 0 Å². The fraction of sp³-hybridized carbons (Fsp3) is 0.500. The van der Waals surface area contributed by atoms with Crippen LogP contribution in [0.5, 0.6) is 0 Å². The van der Waals surface area contributed by atoms with E-state index < -0.39 is 10.0 Å². The normalized spacial score (nSPS) is 20.7. The molecule has 4 rings (SSSR count). The van der Waals surface area contributed by atoms with Crippen LogP contribution in [0.2, 0.25) is 0 Å². The van der Waals surface area contributed by atoms with Gasteiger partial charge in [-0.2, -0.15) is 0 Å². The van der Waals surface area contributed by atoms with E-state index in [4.69, 9.17) is 0 Å². The van der Waals surface area contributed by atoms with Gasteiger partial charge in [-0.15, -0.1) is 4.40 Å². The van der Waals surface area contributed by atoms with Gasteiger partial charge in [-0.3, -0.25) is 9.59 Å². The number of fused-ring (bicyclic) bond motifs is 3. The van der Waals surface area contributed by atoms with E-state index >= 15 is 0 Å². The summed E-state index contributed by atoms with van der Waals surface area (Å²) in [7, 11) is -3.40. The number of amidine groups is 1. The molecule has 8 nitrogen and oxygen atoms in total. The molecule has 28 heavy (non-hydrogen) atoms. The second kappa shape index (κ2) is 7.07. The highest BCUT2D eigenvalue weighted by Crippen LogP contribution is 2.42. The number of carbonyl (C=O) groups excluding carboxylic acids is 2. The number of anilines is 1. The summed E-state index contributed by atoms with van der Waals surface area (Å²) < 4.78 is 27.3. The van der Waals surface area contributed by atoms with Gasteiger partial charge in [0, 0.05) is 49.1 Å². The Morgan fingerprint density at radius 2 is 1.75 bits per heavy atom. The zero-order valence-electron chi connectivity index (χ0n) is 15.8. The average Bonchev–Trinajstić information content (AvgIpc) is 3.02. The third kappa shape index (κ3) is 3.50. The summed E-state index contributed by atoms with van der Waals surface area (Å²) in [6.07, 6.45) is 0. The summed E-state index contributed by atoms with van der Waals surface area (Å²) in [4.78, 5) is 31.3. The van der Waals surface area contributed by atoms with Crippen LogP contribution < -0.4 is 4.90 Å². The Kier molecular flexibility index (Phi) is 4.86. The van der Waals surface area contributed by atoms with Crippen molar-refractivity contribution in [1.82, 2.24) is 9.80 Å². The second-order valence-electron chi connectivity index (χ2n) is 7.37. The molecular formula is C18H22N4O4S2. The molecule has 1 saturated heterocycles. The van der Waals surface area contributed by atoms with Gasteiger partial charge in [-0.25, -0.2) is 8.42 Å². The van der Waals surface area contributed by atoms with E-state index in [0.717, 1.165) is 10.6 Å². The van der Waals surface area contributed by atoms with Crippen molar-refractivity contribution in [2.24, 2.45) is 10.3 Å². The van der Waals surface area contributed by atoms with E-state index in [9.17, 15) is 18.0 Å². The molecule has 0 bridgehead atoms. The molecule has 3 heterocycles. The lowest BCUT2D eigenvalue weighted by Gasteiger charge is -2.35. The molecule has 0 N–H and O–H groups in total. The molecule has 0 radical (unpaired) electrons. The Bertz CT molecular complexity index is 966. The number of thioether (sulfide) groups is 1. The van der Waals surface area contributed by atoms with Gasteiger partial charge in [-0.1, -0.05) is 13.8 Å². The highest BCUT2D eigenvalue weighted by molar-refractivity contribution is 8.15. The lowest BCUT2D eigenvalue weighted by Crippen LogP contribution is -2.51. The van der Waals surface area contributed by atoms with E-state index in [2.05, 4.69) is 4.40 Å². The van der Waals surface area contributed by atoms with Crippen LogP contribution in [0, 0.1) is 5.92 Å². The lowest BCUT2D eigenvalue weighted by atomic mass is 10.1. The molecule has 0 aromatic heterocycles. The number of hydrogen-bond acceptors (Lipinski definition) is 6. The molecule has 0 spiro atoms. The third-order valence-corrected chi connectivity index (χ3v) is 7.40. The maximum absolute atomic E-state index is 12.9. The Morgan fingerprint density at radius 3 is 2.43 bits per heavy atom. The second-order valence-corrected chi connectivity index (χ2v) is 10.1. The first-order valence-corrected chi connectivity index (χ1v) is 11.7. The van der Waals surface area contributed by atoms with Crippen molar-refractivity contribution in [3.8, 4) is 0 Å². The van der Waals surface area contributed by atoms with E-state index in [1.807, 2.05) is 29.7 Å². The maximum atomic E-state index is 12.9. The SMILES string of the molecule is CC(C)C(=O)N1CCN(C(=O)c2ccc3c(c2)SC2=NS(=O)(=O)CCN23)CC1. The van der Waals surface area contributed by atoms with Crippen molar-refractivity contribution >= 4 is 44.5 Å². The maximum Gasteiger partial charge on any atom is 0.257 e. The fourth-order valence-corrected chi connectivity index (χ4v) is 5.84. The topological polar surface area (TPSA) is 90.4 Å². The number of piperazine rings is 1. The molecule has 10 heteroatoms. The van der Waals surface area contributed by atoms with Crippen LogP contribution in [0.1, 0.15) is 24.2 Å². The molecular weight excluding hydrogens is 400 g/mol. The minimum absolute atomic E-state index is 0.00342. The van der Waals surface area contributed by atoms with E-state index in [0.29, 0.717) is 43.5 Å². The van der Waals surface area contributed by atoms with Gasteiger partial charge in [0.1, 0.15) is 0 Å². The van der Waals surface area contributed by atoms with Gasteiger partial charge in [0.05, 0.1) is 11.4 Å². The van der Waals surface area contributed by atoms with Gasteiger partial charge < -0.3 is 14.7 Å². The van der Waals surface area contributed by atoms with Crippen LogP contribution in [-0.4, -0.2) is 73.7 Å². The highest BCUT2D eigenvalue weighted by atomic mass is 32.2.